The molecule has 2 N–H and O–H groups in total. The topological polar surface area (TPSA) is 46.3 Å². The molecule has 1 aliphatic heterocycles. The fourth-order valence-electron chi connectivity index (χ4n) is 4.16. The van der Waals surface area contributed by atoms with Crippen LogP contribution in [0.5, 0.6) is 0 Å². The molecular formula is C15H24N2O. The zero-order chi connectivity index (χ0) is 12.7. The minimum absolute atomic E-state index is 0.249. The van der Waals surface area contributed by atoms with E-state index in [4.69, 9.17) is 5.73 Å². The molecule has 3 aliphatic rings. The van der Waals surface area contributed by atoms with Crippen LogP contribution in [0.15, 0.2) is 12.2 Å². The summed E-state index contributed by atoms with van der Waals surface area (Å²) in [4.78, 5) is 14.8. The Morgan fingerprint density at radius 2 is 2.22 bits per heavy atom. The van der Waals surface area contributed by atoms with Crippen molar-refractivity contribution in [2.24, 2.45) is 29.4 Å². The van der Waals surface area contributed by atoms with E-state index < -0.39 is 0 Å². The number of piperidine rings is 1. The van der Waals surface area contributed by atoms with E-state index in [-0.39, 0.29) is 12.0 Å². The summed E-state index contributed by atoms with van der Waals surface area (Å²) in [5.41, 5.74) is 5.89. The van der Waals surface area contributed by atoms with Crippen LogP contribution in [0.1, 0.15) is 32.6 Å². The summed E-state index contributed by atoms with van der Waals surface area (Å²) in [6.45, 7) is 3.77. The molecule has 5 unspecified atom stereocenters. The second-order valence-electron chi connectivity index (χ2n) is 6.34. The molecule has 1 heterocycles. The highest BCUT2D eigenvalue weighted by atomic mass is 16.2. The minimum atomic E-state index is 0.249. The maximum absolute atomic E-state index is 12.7. The second-order valence-corrected chi connectivity index (χ2v) is 6.34. The Balaban J connectivity index is 1.73. The Morgan fingerprint density at radius 1 is 1.39 bits per heavy atom. The fourth-order valence-corrected chi connectivity index (χ4v) is 4.16. The molecule has 0 radical (unpaired) electrons. The zero-order valence-electron chi connectivity index (χ0n) is 11.2. The number of carbonyl (C=O) groups is 1. The van der Waals surface area contributed by atoms with Gasteiger partial charge in [-0.2, -0.15) is 0 Å². The van der Waals surface area contributed by atoms with Crippen LogP contribution in [-0.4, -0.2) is 29.9 Å². The molecule has 1 amide bonds. The highest BCUT2D eigenvalue weighted by Crippen LogP contribution is 2.44. The van der Waals surface area contributed by atoms with Gasteiger partial charge in [0.15, 0.2) is 0 Å². The Labute approximate surface area is 109 Å². The largest absolute Gasteiger partial charge is 0.338 e. The quantitative estimate of drug-likeness (QED) is 0.757. The van der Waals surface area contributed by atoms with Gasteiger partial charge < -0.3 is 10.6 Å². The molecule has 100 valence electrons. The fraction of sp³-hybridized carbons (Fsp3) is 0.800. The predicted molar refractivity (Wildman–Crippen MR) is 71.8 cm³/mol. The van der Waals surface area contributed by atoms with Crippen molar-refractivity contribution in [1.29, 1.82) is 0 Å². The third kappa shape index (κ3) is 1.89. The molecule has 1 saturated carbocycles. The maximum Gasteiger partial charge on any atom is 0.226 e. The summed E-state index contributed by atoms with van der Waals surface area (Å²) in [5, 5.41) is 0. The van der Waals surface area contributed by atoms with E-state index in [1.165, 1.54) is 12.8 Å². The SMILES string of the molecule is CC1CCCN(C(=O)C2CC3C=CC2C3)C1CN. The lowest BCUT2D eigenvalue weighted by Gasteiger charge is -2.41. The minimum Gasteiger partial charge on any atom is -0.338 e. The molecule has 2 fully saturated rings. The van der Waals surface area contributed by atoms with Gasteiger partial charge in [-0.15, -0.1) is 0 Å². The molecule has 3 nitrogen and oxygen atoms in total. The molecule has 1 saturated heterocycles. The Kier molecular flexibility index (Phi) is 3.18. The monoisotopic (exact) mass is 248 g/mol. The van der Waals surface area contributed by atoms with E-state index in [1.807, 2.05) is 0 Å². The van der Waals surface area contributed by atoms with Gasteiger partial charge in [0.05, 0.1) is 0 Å². The van der Waals surface area contributed by atoms with Crippen LogP contribution in [0.4, 0.5) is 0 Å². The van der Waals surface area contributed by atoms with Crippen LogP contribution in [0.25, 0.3) is 0 Å². The van der Waals surface area contributed by atoms with Crippen molar-refractivity contribution < 1.29 is 4.79 Å². The zero-order valence-corrected chi connectivity index (χ0v) is 11.2. The average Bonchev–Trinajstić information content (AvgIpc) is 2.99. The van der Waals surface area contributed by atoms with Gasteiger partial charge in [0.2, 0.25) is 5.91 Å². The van der Waals surface area contributed by atoms with Crippen molar-refractivity contribution in [3.63, 3.8) is 0 Å². The molecule has 0 aromatic rings. The van der Waals surface area contributed by atoms with Gasteiger partial charge in [-0.3, -0.25) is 4.79 Å². The molecule has 2 bridgehead atoms. The van der Waals surface area contributed by atoms with Gasteiger partial charge in [0, 0.05) is 25.0 Å². The molecule has 5 atom stereocenters. The number of fused-ring (bicyclic) bond motifs is 2. The van der Waals surface area contributed by atoms with Gasteiger partial charge >= 0.3 is 0 Å². The molecule has 3 heteroatoms. The number of carbonyl (C=O) groups excluding carboxylic acids is 1. The number of hydrogen-bond acceptors (Lipinski definition) is 2. The van der Waals surface area contributed by atoms with Gasteiger partial charge in [-0.1, -0.05) is 19.1 Å². The highest BCUT2D eigenvalue weighted by Gasteiger charge is 2.43. The molecule has 2 aliphatic carbocycles. The van der Waals surface area contributed by atoms with Gasteiger partial charge in [0.25, 0.3) is 0 Å². The van der Waals surface area contributed by atoms with Crippen molar-refractivity contribution in [1.82, 2.24) is 4.90 Å². The van der Waals surface area contributed by atoms with Gasteiger partial charge in [-0.05, 0) is 43.4 Å². The van der Waals surface area contributed by atoms with Gasteiger partial charge in [-0.25, -0.2) is 0 Å². The lowest BCUT2D eigenvalue weighted by molar-refractivity contribution is -0.141. The molecule has 0 spiro atoms. The van der Waals surface area contributed by atoms with Crippen molar-refractivity contribution in [3.8, 4) is 0 Å². The third-order valence-electron chi connectivity index (χ3n) is 5.24. The predicted octanol–water partition coefficient (Wildman–Crippen LogP) is 1.78. The Bertz CT molecular complexity index is 366. The molecule has 0 aromatic carbocycles. The first kappa shape index (κ1) is 12.2. The highest BCUT2D eigenvalue weighted by molar-refractivity contribution is 5.80. The summed E-state index contributed by atoms with van der Waals surface area (Å²) in [5.74, 6) is 2.37. The standard InChI is InChI=1S/C15H24N2O/c1-10-3-2-6-17(14(10)9-16)15(18)13-8-11-4-5-12(13)7-11/h4-5,10-14H,2-3,6-9,16H2,1H3. The number of rotatable bonds is 2. The van der Waals surface area contributed by atoms with Crippen molar-refractivity contribution in [2.75, 3.05) is 13.1 Å². The number of amides is 1. The smallest absolute Gasteiger partial charge is 0.226 e. The van der Waals surface area contributed by atoms with Crippen molar-refractivity contribution in [2.45, 2.75) is 38.6 Å². The molecule has 3 rings (SSSR count). The van der Waals surface area contributed by atoms with E-state index in [2.05, 4.69) is 24.0 Å². The van der Waals surface area contributed by atoms with Gasteiger partial charge in [0.1, 0.15) is 0 Å². The van der Waals surface area contributed by atoms with Crippen molar-refractivity contribution >= 4 is 5.91 Å². The number of nitrogens with two attached hydrogens (primary N) is 1. The molecular weight excluding hydrogens is 224 g/mol. The van der Waals surface area contributed by atoms with Crippen LogP contribution in [0.3, 0.4) is 0 Å². The first-order valence-corrected chi connectivity index (χ1v) is 7.39. The first-order chi connectivity index (χ1) is 8.70. The van der Waals surface area contributed by atoms with E-state index in [1.54, 1.807) is 0 Å². The van der Waals surface area contributed by atoms with Crippen LogP contribution in [0, 0.1) is 23.7 Å². The van der Waals surface area contributed by atoms with E-state index >= 15 is 0 Å². The third-order valence-corrected chi connectivity index (χ3v) is 5.24. The van der Waals surface area contributed by atoms with E-state index in [0.717, 1.165) is 19.4 Å². The number of nitrogens with zero attached hydrogens (tertiary/aromatic N) is 1. The number of hydrogen-bond donors (Lipinski definition) is 1. The number of likely N-dealkylation sites (tertiary alicyclic amines) is 1. The lowest BCUT2D eigenvalue weighted by Crippen LogP contribution is -2.53. The second kappa shape index (κ2) is 4.69. The van der Waals surface area contributed by atoms with Crippen LogP contribution < -0.4 is 5.73 Å². The normalized spacial score (nSPS) is 42.6. The Morgan fingerprint density at radius 3 is 2.83 bits per heavy atom. The summed E-state index contributed by atoms with van der Waals surface area (Å²) < 4.78 is 0. The van der Waals surface area contributed by atoms with Crippen LogP contribution in [0.2, 0.25) is 0 Å². The maximum atomic E-state index is 12.7. The molecule has 0 aromatic heterocycles. The van der Waals surface area contributed by atoms with Crippen molar-refractivity contribution in [3.05, 3.63) is 12.2 Å². The van der Waals surface area contributed by atoms with Crippen LogP contribution in [-0.2, 0) is 4.79 Å². The summed E-state index contributed by atoms with van der Waals surface area (Å²) in [6.07, 6.45) is 9.19. The summed E-state index contributed by atoms with van der Waals surface area (Å²) >= 11 is 0. The van der Waals surface area contributed by atoms with E-state index in [9.17, 15) is 4.79 Å². The number of allylic oxidation sites excluding steroid dienone is 2. The average molecular weight is 248 g/mol. The van der Waals surface area contributed by atoms with Crippen LogP contribution >= 0.6 is 0 Å². The lowest BCUT2D eigenvalue weighted by atomic mass is 9.87. The summed E-state index contributed by atoms with van der Waals surface area (Å²) in [6, 6.07) is 0.273. The first-order valence-electron chi connectivity index (χ1n) is 7.39. The van der Waals surface area contributed by atoms with E-state index in [0.29, 0.717) is 30.2 Å². The molecule has 18 heavy (non-hydrogen) atoms. The Hall–Kier alpha value is -0.830. The summed E-state index contributed by atoms with van der Waals surface area (Å²) in [7, 11) is 0.